The highest BCUT2D eigenvalue weighted by atomic mass is 35.5. The molecule has 1 aromatic rings. The van der Waals surface area contributed by atoms with Gasteiger partial charge in [0.25, 0.3) is 0 Å². The summed E-state index contributed by atoms with van der Waals surface area (Å²) in [5, 5.41) is 0. The zero-order chi connectivity index (χ0) is 14.2. The number of benzene rings is 1. The highest BCUT2D eigenvalue weighted by Gasteiger charge is 2.51. The van der Waals surface area contributed by atoms with Gasteiger partial charge in [0.15, 0.2) is 0 Å². The van der Waals surface area contributed by atoms with Gasteiger partial charge in [0.05, 0.1) is 12.7 Å². The second-order valence-electron chi connectivity index (χ2n) is 5.50. The van der Waals surface area contributed by atoms with Gasteiger partial charge in [0.2, 0.25) is 5.50 Å². The molecule has 0 aromatic heterocycles. The maximum Gasteiger partial charge on any atom is 0.226 e. The summed E-state index contributed by atoms with van der Waals surface area (Å²) in [5.74, 6) is 0. The van der Waals surface area contributed by atoms with Crippen molar-refractivity contribution in [3.05, 3.63) is 58.9 Å². The van der Waals surface area contributed by atoms with Crippen molar-refractivity contribution in [1.82, 2.24) is 4.90 Å². The first kappa shape index (κ1) is 16.5. The lowest BCUT2D eigenvalue weighted by Crippen LogP contribution is -3.00. The van der Waals surface area contributed by atoms with E-state index in [1.54, 1.807) is 5.70 Å². The summed E-state index contributed by atoms with van der Waals surface area (Å²) in [6.07, 6.45) is 5.85. The van der Waals surface area contributed by atoms with E-state index in [4.69, 9.17) is 0 Å². The first-order valence-corrected chi connectivity index (χ1v) is 8.32. The highest BCUT2D eigenvalue weighted by Crippen LogP contribution is 2.50. The smallest absolute Gasteiger partial charge is 0.226 e. The van der Waals surface area contributed by atoms with Crippen LogP contribution in [0.15, 0.2) is 53.3 Å². The molecule has 0 saturated carbocycles. The van der Waals surface area contributed by atoms with E-state index in [1.807, 2.05) is 11.8 Å². The summed E-state index contributed by atoms with van der Waals surface area (Å²) in [7, 11) is 0. The maximum atomic E-state index is 2.50. The second kappa shape index (κ2) is 6.47. The molecular formula is C17H23ClN2S. The Kier molecular flexibility index (Phi) is 5.07. The second-order valence-corrected chi connectivity index (χ2v) is 6.77. The van der Waals surface area contributed by atoms with Gasteiger partial charge in [-0.05, 0) is 31.2 Å². The van der Waals surface area contributed by atoms with Gasteiger partial charge in [0, 0.05) is 17.9 Å². The molecule has 114 valence electrons. The molecule has 1 aromatic carbocycles. The van der Waals surface area contributed by atoms with Crippen LogP contribution in [0, 0.1) is 0 Å². The van der Waals surface area contributed by atoms with E-state index >= 15 is 0 Å². The Hall–Kier alpha value is -0.900. The predicted molar refractivity (Wildman–Crippen MR) is 86.3 cm³/mol. The molecule has 3 rings (SSSR count). The zero-order valence-electron chi connectivity index (χ0n) is 12.9. The number of allylic oxidation sites excluding steroid dienone is 2. The normalized spacial score (nSPS) is 27.0. The fraction of sp³-hybridized carbons (Fsp3) is 0.412. The number of thioether (sulfide) groups is 1. The lowest BCUT2D eigenvalue weighted by Gasteiger charge is -2.35. The molecule has 2 heterocycles. The van der Waals surface area contributed by atoms with Crippen LogP contribution in [0.2, 0.25) is 0 Å². The summed E-state index contributed by atoms with van der Waals surface area (Å²) in [6, 6.07) is 10.8. The van der Waals surface area contributed by atoms with Crippen LogP contribution in [0.4, 0.5) is 0 Å². The Balaban J connectivity index is 0.00000161. The summed E-state index contributed by atoms with van der Waals surface area (Å²) in [6.45, 7) is 9.01. The van der Waals surface area contributed by atoms with Crippen LogP contribution >= 0.6 is 11.8 Å². The van der Waals surface area contributed by atoms with Gasteiger partial charge in [0.1, 0.15) is 11.9 Å². The molecular weight excluding hydrogens is 300 g/mol. The van der Waals surface area contributed by atoms with E-state index in [0.717, 1.165) is 24.0 Å². The number of fused-ring (bicyclic) bond motifs is 1. The molecule has 0 radical (unpaired) electrons. The quantitative estimate of drug-likeness (QED) is 0.773. The first-order valence-electron chi connectivity index (χ1n) is 7.44. The lowest BCUT2D eigenvalue weighted by molar-refractivity contribution is -0.851. The lowest BCUT2D eigenvalue weighted by atomic mass is 10.2. The van der Waals surface area contributed by atoms with Crippen LogP contribution in [-0.4, -0.2) is 21.4 Å². The Labute approximate surface area is 138 Å². The van der Waals surface area contributed by atoms with Crippen LogP contribution in [0.1, 0.15) is 32.8 Å². The van der Waals surface area contributed by atoms with Crippen molar-refractivity contribution in [2.45, 2.75) is 39.2 Å². The maximum absolute atomic E-state index is 2.50. The van der Waals surface area contributed by atoms with Gasteiger partial charge in [-0.15, -0.1) is 0 Å². The molecule has 0 aliphatic carbocycles. The zero-order valence-corrected chi connectivity index (χ0v) is 14.5. The van der Waals surface area contributed by atoms with Gasteiger partial charge in [-0.25, -0.2) is 4.48 Å². The molecule has 0 amide bonds. The summed E-state index contributed by atoms with van der Waals surface area (Å²) in [5.41, 5.74) is 3.47. The summed E-state index contributed by atoms with van der Waals surface area (Å²) in [4.78, 5) is 4.01. The Morgan fingerprint density at radius 3 is 2.52 bits per heavy atom. The number of quaternary nitrogens is 1. The minimum absolute atomic E-state index is 0. The number of hydrogen-bond acceptors (Lipinski definition) is 2. The predicted octanol–water partition coefficient (Wildman–Crippen LogP) is 1.49. The molecule has 0 bridgehead atoms. The largest absolute Gasteiger partial charge is 1.00 e. The number of hydrogen-bond donors (Lipinski definition) is 0. The van der Waals surface area contributed by atoms with Crippen molar-refractivity contribution in [2.75, 3.05) is 6.54 Å². The Morgan fingerprint density at radius 1 is 1.19 bits per heavy atom. The van der Waals surface area contributed by atoms with Crippen LogP contribution in [0.25, 0.3) is 0 Å². The van der Waals surface area contributed by atoms with E-state index in [-0.39, 0.29) is 12.4 Å². The molecule has 2 aliphatic heterocycles. The van der Waals surface area contributed by atoms with Crippen molar-refractivity contribution >= 4 is 11.8 Å². The van der Waals surface area contributed by atoms with Gasteiger partial charge >= 0.3 is 0 Å². The Bertz CT molecular complexity index is 555. The van der Waals surface area contributed by atoms with Crippen LogP contribution in [0.5, 0.6) is 0 Å². The third kappa shape index (κ3) is 2.63. The van der Waals surface area contributed by atoms with E-state index in [0.29, 0.717) is 5.50 Å². The van der Waals surface area contributed by atoms with Crippen LogP contribution in [0.3, 0.4) is 0 Å². The van der Waals surface area contributed by atoms with Crippen molar-refractivity contribution in [2.24, 2.45) is 0 Å². The molecule has 2 atom stereocenters. The van der Waals surface area contributed by atoms with Gasteiger partial charge < -0.3 is 17.3 Å². The van der Waals surface area contributed by atoms with Crippen LogP contribution in [-0.2, 0) is 6.54 Å². The van der Waals surface area contributed by atoms with Crippen molar-refractivity contribution < 1.29 is 16.9 Å². The molecule has 2 aliphatic rings. The minimum Gasteiger partial charge on any atom is -1.00 e. The molecule has 0 saturated heterocycles. The molecule has 2 nitrogen and oxygen atoms in total. The topological polar surface area (TPSA) is 3.24 Å². The van der Waals surface area contributed by atoms with Gasteiger partial charge in [-0.1, -0.05) is 37.3 Å². The SMILES string of the molecule is CCC1=C(C)SC2N(Cc3ccccc3)C=C[N+]12CC.[Cl-]. The molecule has 2 unspecified atom stereocenters. The van der Waals surface area contributed by atoms with E-state index in [2.05, 4.69) is 68.4 Å². The van der Waals surface area contributed by atoms with Gasteiger partial charge in [-0.3, -0.25) is 0 Å². The standard InChI is InChI=1S/C17H23N2S.ClH/c1-4-16-14(3)20-17-18(11-12-19(16,17)5-2)13-15-9-7-6-8-10-15;/h6-12,17H,4-5,13H2,1-3H3;1H/q+1;/p-1. The number of halogens is 1. The third-order valence-electron chi connectivity index (χ3n) is 4.46. The van der Waals surface area contributed by atoms with Crippen molar-refractivity contribution in [3.63, 3.8) is 0 Å². The average Bonchev–Trinajstić information content (AvgIpc) is 2.94. The molecule has 4 heteroatoms. The fourth-order valence-electron chi connectivity index (χ4n) is 3.44. The van der Waals surface area contributed by atoms with Crippen molar-refractivity contribution in [1.29, 1.82) is 0 Å². The van der Waals surface area contributed by atoms with E-state index < -0.39 is 0 Å². The monoisotopic (exact) mass is 322 g/mol. The van der Waals surface area contributed by atoms with E-state index in [9.17, 15) is 0 Å². The highest BCUT2D eigenvalue weighted by molar-refractivity contribution is 8.03. The fourth-order valence-corrected chi connectivity index (χ4v) is 5.02. The molecule has 0 fully saturated rings. The number of nitrogens with zero attached hydrogens (tertiary/aromatic N) is 2. The Morgan fingerprint density at radius 2 is 1.90 bits per heavy atom. The average molecular weight is 323 g/mol. The number of rotatable bonds is 4. The molecule has 0 spiro atoms. The summed E-state index contributed by atoms with van der Waals surface area (Å²) < 4.78 is 1.03. The van der Waals surface area contributed by atoms with E-state index in [1.165, 1.54) is 10.5 Å². The minimum atomic E-state index is 0. The van der Waals surface area contributed by atoms with Gasteiger partial charge in [-0.2, -0.15) is 0 Å². The first-order chi connectivity index (χ1) is 9.71. The van der Waals surface area contributed by atoms with Crippen molar-refractivity contribution in [3.8, 4) is 0 Å². The van der Waals surface area contributed by atoms with Crippen LogP contribution < -0.4 is 12.4 Å². The third-order valence-corrected chi connectivity index (χ3v) is 5.91. The summed E-state index contributed by atoms with van der Waals surface area (Å²) >= 11 is 2.03. The molecule has 0 N–H and O–H groups in total. The molecule has 21 heavy (non-hydrogen) atoms.